The minimum Gasteiger partial charge on any atom is -0.454 e. The number of aryl methyl sites for hydroxylation is 1. The molecule has 0 atom stereocenters. The number of carbonyl (C=O) groups is 2. The third-order valence-electron chi connectivity index (χ3n) is 5.93. The molecule has 4 heterocycles. The summed E-state index contributed by atoms with van der Waals surface area (Å²) in [4.78, 5) is 36.7. The second-order valence-corrected chi connectivity index (χ2v) is 10.2. The summed E-state index contributed by atoms with van der Waals surface area (Å²) >= 11 is 3.76. The number of amides is 2. The molecule has 2 amide bonds. The molecule has 2 aromatic carbocycles. The van der Waals surface area contributed by atoms with Gasteiger partial charge in [0.1, 0.15) is 5.52 Å². The number of imide groups is 1. The first-order chi connectivity index (χ1) is 17.0. The lowest BCUT2D eigenvalue weighted by Crippen LogP contribution is -2.31. The number of aromatic nitrogens is 3. The van der Waals surface area contributed by atoms with Crippen molar-refractivity contribution in [1.82, 2.24) is 19.4 Å². The molecule has 176 valence electrons. The highest BCUT2D eigenvalue weighted by Gasteiger charge is 2.34. The lowest BCUT2D eigenvalue weighted by Gasteiger charge is -2.15. The van der Waals surface area contributed by atoms with Crippen LogP contribution in [-0.4, -0.2) is 44.6 Å². The molecule has 2 aliphatic heterocycles. The Bertz CT molecular complexity index is 1490. The van der Waals surface area contributed by atoms with E-state index in [4.69, 9.17) is 20.2 Å². The van der Waals surface area contributed by atoms with Crippen molar-refractivity contribution in [3.05, 3.63) is 63.4 Å². The van der Waals surface area contributed by atoms with Crippen LogP contribution in [0.3, 0.4) is 0 Å². The van der Waals surface area contributed by atoms with Crippen molar-refractivity contribution in [2.75, 3.05) is 19.1 Å². The maximum absolute atomic E-state index is 12.7. The van der Waals surface area contributed by atoms with Gasteiger partial charge in [0.05, 0.1) is 16.6 Å². The van der Waals surface area contributed by atoms with Crippen LogP contribution in [0.25, 0.3) is 11.0 Å². The van der Waals surface area contributed by atoms with Crippen LogP contribution < -0.4 is 15.2 Å². The number of rotatable bonds is 6. The van der Waals surface area contributed by atoms with Gasteiger partial charge in [-0.25, -0.2) is 9.97 Å². The zero-order chi connectivity index (χ0) is 24.1. The van der Waals surface area contributed by atoms with Crippen LogP contribution in [0, 0.1) is 3.57 Å². The lowest BCUT2D eigenvalue weighted by molar-refractivity contribution is 0.0650. The van der Waals surface area contributed by atoms with Crippen molar-refractivity contribution >= 4 is 63.0 Å². The fraction of sp³-hybridized carbons (Fsp3) is 0.167. The van der Waals surface area contributed by atoms with Crippen molar-refractivity contribution in [1.29, 1.82) is 0 Å². The van der Waals surface area contributed by atoms with E-state index in [-0.39, 0.29) is 18.6 Å². The quantitative estimate of drug-likeness (QED) is 0.260. The number of anilines is 1. The van der Waals surface area contributed by atoms with Crippen molar-refractivity contribution < 1.29 is 19.1 Å². The normalized spacial score (nSPS) is 14.3. The van der Waals surface area contributed by atoms with E-state index in [0.29, 0.717) is 47.7 Å². The molecule has 2 N–H and O–H groups in total. The number of fused-ring (bicyclic) bond motifs is 3. The van der Waals surface area contributed by atoms with E-state index in [2.05, 4.69) is 32.1 Å². The molecule has 6 rings (SSSR count). The van der Waals surface area contributed by atoms with E-state index in [1.54, 1.807) is 30.5 Å². The molecule has 0 bridgehead atoms. The summed E-state index contributed by atoms with van der Waals surface area (Å²) in [5, 5.41) is 0.735. The van der Waals surface area contributed by atoms with Crippen molar-refractivity contribution in [3.63, 3.8) is 0 Å². The van der Waals surface area contributed by atoms with Gasteiger partial charge in [-0.1, -0.05) is 23.9 Å². The number of halogens is 1. The second-order valence-electron chi connectivity index (χ2n) is 8.01. The molecule has 4 aromatic rings. The number of hydrogen-bond acceptors (Lipinski definition) is 8. The number of nitrogen functional groups attached to an aromatic ring is 1. The van der Waals surface area contributed by atoms with Gasteiger partial charge in [-0.05, 0) is 59.3 Å². The second kappa shape index (κ2) is 8.72. The Morgan fingerprint density at radius 3 is 2.49 bits per heavy atom. The number of imidazole rings is 1. The lowest BCUT2D eigenvalue weighted by atomic mass is 10.1. The van der Waals surface area contributed by atoms with Gasteiger partial charge < -0.3 is 19.8 Å². The molecule has 0 radical (unpaired) electrons. The molecule has 11 heteroatoms. The first kappa shape index (κ1) is 22.2. The predicted octanol–water partition coefficient (Wildman–Crippen LogP) is 4.18. The highest BCUT2D eigenvalue weighted by atomic mass is 127. The Morgan fingerprint density at radius 2 is 1.74 bits per heavy atom. The largest absolute Gasteiger partial charge is 0.454 e. The molecular weight excluding hydrogens is 581 g/mol. The molecule has 0 saturated carbocycles. The van der Waals surface area contributed by atoms with Gasteiger partial charge in [-0.15, -0.1) is 0 Å². The number of carbonyl (C=O) groups excluding carboxylic acids is 2. The van der Waals surface area contributed by atoms with E-state index >= 15 is 0 Å². The monoisotopic (exact) mass is 599 g/mol. The minimum atomic E-state index is -0.251. The first-order valence-corrected chi connectivity index (χ1v) is 12.7. The van der Waals surface area contributed by atoms with Crippen LogP contribution in [0.1, 0.15) is 27.1 Å². The molecule has 2 aliphatic rings. The maximum atomic E-state index is 12.7. The van der Waals surface area contributed by atoms with E-state index < -0.39 is 0 Å². The minimum absolute atomic E-state index is 0.206. The van der Waals surface area contributed by atoms with Crippen LogP contribution in [0.2, 0.25) is 0 Å². The van der Waals surface area contributed by atoms with Gasteiger partial charge in [-0.3, -0.25) is 14.5 Å². The standard InChI is InChI=1S/C24H18IN5O4S/c25-15-10-17-18(34-12-33-17)11-19(15)35-24-28-20-16(6-7-27-21(20)26)29(24)8-3-9-30-22(31)13-4-1-2-5-14(13)23(30)32/h1-2,4-7,10-11H,3,8-9,12H2,(H2,26,27). The number of nitrogens with zero attached hydrogens (tertiary/aromatic N) is 4. The smallest absolute Gasteiger partial charge is 0.261 e. The average Bonchev–Trinajstić information content (AvgIpc) is 3.52. The maximum Gasteiger partial charge on any atom is 0.261 e. The Kier molecular flexibility index (Phi) is 5.52. The van der Waals surface area contributed by atoms with Crippen molar-refractivity contribution in [3.8, 4) is 11.5 Å². The molecule has 2 aromatic heterocycles. The summed E-state index contributed by atoms with van der Waals surface area (Å²) in [6.07, 6.45) is 2.21. The van der Waals surface area contributed by atoms with Crippen molar-refractivity contribution in [2.24, 2.45) is 0 Å². The summed E-state index contributed by atoms with van der Waals surface area (Å²) in [7, 11) is 0. The summed E-state index contributed by atoms with van der Waals surface area (Å²) in [5.41, 5.74) is 8.49. The van der Waals surface area contributed by atoms with Crippen molar-refractivity contribution in [2.45, 2.75) is 23.0 Å². The van der Waals surface area contributed by atoms with E-state index in [0.717, 1.165) is 24.9 Å². The summed E-state index contributed by atoms with van der Waals surface area (Å²) in [6.45, 7) is 1.05. The Labute approximate surface area is 217 Å². The number of ether oxygens (including phenoxy) is 2. The third kappa shape index (κ3) is 3.78. The number of pyridine rings is 1. The highest BCUT2D eigenvalue weighted by Crippen LogP contribution is 2.41. The van der Waals surface area contributed by atoms with Crippen LogP contribution >= 0.6 is 34.4 Å². The fourth-order valence-electron chi connectivity index (χ4n) is 4.25. The summed E-state index contributed by atoms with van der Waals surface area (Å²) in [5.74, 6) is 1.27. The molecule has 35 heavy (non-hydrogen) atoms. The molecule has 0 fully saturated rings. The summed E-state index contributed by atoms with van der Waals surface area (Å²) < 4.78 is 14.1. The zero-order valence-electron chi connectivity index (χ0n) is 18.2. The van der Waals surface area contributed by atoms with Gasteiger partial charge in [0.25, 0.3) is 11.8 Å². The van der Waals surface area contributed by atoms with Crippen LogP contribution in [-0.2, 0) is 6.54 Å². The van der Waals surface area contributed by atoms with Crippen LogP contribution in [0.15, 0.2) is 58.7 Å². The first-order valence-electron chi connectivity index (χ1n) is 10.8. The van der Waals surface area contributed by atoms with E-state index in [9.17, 15) is 9.59 Å². The molecular formula is C24H18IN5O4S. The highest BCUT2D eigenvalue weighted by molar-refractivity contribution is 14.1. The van der Waals surface area contributed by atoms with Gasteiger partial charge in [-0.2, -0.15) is 0 Å². The Hall–Kier alpha value is -3.32. The summed E-state index contributed by atoms with van der Waals surface area (Å²) in [6, 6.07) is 12.7. The van der Waals surface area contributed by atoms with Crippen LogP contribution in [0.4, 0.5) is 5.82 Å². The molecule has 9 nitrogen and oxygen atoms in total. The third-order valence-corrected chi connectivity index (χ3v) is 8.24. The molecule has 0 aliphatic carbocycles. The Morgan fingerprint density at radius 1 is 1.03 bits per heavy atom. The van der Waals surface area contributed by atoms with Gasteiger partial charge in [0.15, 0.2) is 22.5 Å². The average molecular weight is 599 g/mol. The molecule has 0 saturated heterocycles. The molecule has 0 spiro atoms. The topological polar surface area (TPSA) is 113 Å². The zero-order valence-corrected chi connectivity index (χ0v) is 21.2. The fourth-order valence-corrected chi connectivity index (χ4v) is 5.97. The number of nitrogens with two attached hydrogens (primary N) is 1. The number of hydrogen-bond donors (Lipinski definition) is 1. The van der Waals surface area contributed by atoms with Gasteiger partial charge in [0, 0.05) is 27.8 Å². The van der Waals surface area contributed by atoms with Gasteiger partial charge in [0.2, 0.25) is 6.79 Å². The van der Waals surface area contributed by atoms with Gasteiger partial charge >= 0.3 is 0 Å². The van der Waals surface area contributed by atoms with E-state index in [1.165, 1.54) is 16.7 Å². The SMILES string of the molecule is Nc1nccc2c1nc(Sc1cc3c(cc1I)OCO3)n2CCCN1C(=O)c2ccccc2C1=O. The molecule has 0 unspecified atom stereocenters. The Balaban J connectivity index is 1.28. The van der Waals surface area contributed by atoms with E-state index in [1.807, 2.05) is 18.2 Å². The van der Waals surface area contributed by atoms with Crippen LogP contribution in [0.5, 0.6) is 11.5 Å². The number of benzene rings is 2. The predicted molar refractivity (Wildman–Crippen MR) is 138 cm³/mol.